The second-order valence-corrected chi connectivity index (χ2v) is 5.51. The summed E-state index contributed by atoms with van der Waals surface area (Å²) in [6.45, 7) is 0. The van der Waals surface area contributed by atoms with Gasteiger partial charge in [-0.25, -0.2) is 0 Å². The standard InChI is InChI=1S/C16H11N7O6/c24-21(25)12-9-13(22(26)27)15(20-11-3-7-18-8-4-11)16(23(28)29)14(12)19-10-1-5-17-6-2-10/h1-9H,(H,17,19)(H,18,20). The molecule has 3 aromatic rings. The van der Waals surface area contributed by atoms with Gasteiger partial charge in [0, 0.05) is 36.2 Å². The van der Waals surface area contributed by atoms with Crippen molar-refractivity contribution in [3.63, 3.8) is 0 Å². The summed E-state index contributed by atoms with van der Waals surface area (Å²) in [6.07, 6.45) is 5.51. The minimum absolute atomic E-state index is 0.273. The number of aromatic nitrogens is 2. The van der Waals surface area contributed by atoms with Crippen molar-refractivity contribution < 1.29 is 14.8 Å². The molecule has 29 heavy (non-hydrogen) atoms. The van der Waals surface area contributed by atoms with Crippen LogP contribution in [0.3, 0.4) is 0 Å². The predicted molar refractivity (Wildman–Crippen MR) is 101 cm³/mol. The second kappa shape index (κ2) is 7.91. The van der Waals surface area contributed by atoms with Gasteiger partial charge in [-0.3, -0.25) is 40.3 Å². The fourth-order valence-electron chi connectivity index (χ4n) is 2.52. The van der Waals surface area contributed by atoms with E-state index in [1.54, 1.807) is 0 Å². The van der Waals surface area contributed by atoms with Crippen molar-refractivity contribution in [1.82, 2.24) is 9.97 Å². The minimum Gasteiger partial charge on any atom is -0.344 e. The van der Waals surface area contributed by atoms with Gasteiger partial charge >= 0.3 is 17.1 Å². The zero-order valence-electron chi connectivity index (χ0n) is 14.4. The lowest BCUT2D eigenvalue weighted by Gasteiger charge is -2.12. The molecule has 0 radical (unpaired) electrons. The zero-order valence-corrected chi connectivity index (χ0v) is 14.4. The molecule has 0 spiro atoms. The topological polar surface area (TPSA) is 179 Å². The normalized spacial score (nSPS) is 10.2. The summed E-state index contributed by atoms with van der Waals surface area (Å²) < 4.78 is 0. The Kier molecular flexibility index (Phi) is 5.21. The molecule has 0 saturated carbocycles. The molecule has 1 aromatic carbocycles. The molecule has 0 saturated heterocycles. The molecule has 0 bridgehead atoms. The monoisotopic (exact) mass is 397 g/mol. The van der Waals surface area contributed by atoms with E-state index < -0.39 is 43.2 Å². The quantitative estimate of drug-likeness (QED) is 0.441. The van der Waals surface area contributed by atoms with E-state index in [0.717, 1.165) is 0 Å². The Bertz CT molecular complexity index is 1010. The van der Waals surface area contributed by atoms with E-state index in [1.165, 1.54) is 49.1 Å². The maximum atomic E-state index is 11.8. The van der Waals surface area contributed by atoms with E-state index in [1.807, 2.05) is 0 Å². The first-order valence-electron chi connectivity index (χ1n) is 7.86. The summed E-state index contributed by atoms with van der Waals surface area (Å²) in [5, 5.41) is 40.0. The van der Waals surface area contributed by atoms with Crippen LogP contribution in [0.25, 0.3) is 0 Å². The Morgan fingerprint density at radius 3 is 1.34 bits per heavy atom. The Hall–Kier alpha value is -4.68. The highest BCUT2D eigenvalue weighted by Gasteiger charge is 2.37. The number of nitrogens with one attached hydrogen (secondary N) is 2. The highest BCUT2D eigenvalue weighted by atomic mass is 16.6. The number of hydrogen-bond donors (Lipinski definition) is 2. The van der Waals surface area contributed by atoms with E-state index >= 15 is 0 Å². The van der Waals surface area contributed by atoms with Gasteiger partial charge in [0.2, 0.25) is 0 Å². The summed E-state index contributed by atoms with van der Waals surface area (Å²) in [5.41, 5.74) is -2.95. The van der Waals surface area contributed by atoms with Crippen LogP contribution in [0.1, 0.15) is 0 Å². The van der Waals surface area contributed by atoms with Crippen LogP contribution < -0.4 is 10.6 Å². The van der Waals surface area contributed by atoms with Gasteiger partial charge in [0.15, 0.2) is 11.4 Å². The van der Waals surface area contributed by atoms with Gasteiger partial charge in [-0.1, -0.05) is 0 Å². The van der Waals surface area contributed by atoms with Crippen molar-refractivity contribution in [2.45, 2.75) is 0 Å². The van der Waals surface area contributed by atoms with Crippen molar-refractivity contribution in [2.75, 3.05) is 10.6 Å². The minimum atomic E-state index is -0.931. The second-order valence-electron chi connectivity index (χ2n) is 5.51. The molecule has 0 aliphatic carbocycles. The first kappa shape index (κ1) is 19.1. The number of nitro groups is 3. The van der Waals surface area contributed by atoms with E-state index in [4.69, 9.17) is 0 Å². The SMILES string of the molecule is O=[N+]([O-])c1cc([N+](=O)[O-])c(Nc2ccncc2)c([N+](=O)[O-])c1Nc1ccncc1. The lowest BCUT2D eigenvalue weighted by atomic mass is 10.1. The summed E-state index contributed by atoms with van der Waals surface area (Å²) in [7, 11) is 0. The van der Waals surface area contributed by atoms with Crippen LogP contribution in [0.5, 0.6) is 0 Å². The molecule has 13 nitrogen and oxygen atoms in total. The number of rotatable bonds is 7. The molecule has 0 unspecified atom stereocenters. The summed E-state index contributed by atoms with van der Waals surface area (Å²) >= 11 is 0. The predicted octanol–water partition coefficient (Wildman–Crippen LogP) is 3.69. The summed E-state index contributed by atoms with van der Waals surface area (Å²) in [5.74, 6) is 0. The Morgan fingerprint density at radius 1 is 0.655 bits per heavy atom. The average molecular weight is 397 g/mol. The number of hydrogen-bond acceptors (Lipinski definition) is 10. The average Bonchev–Trinajstić information content (AvgIpc) is 2.69. The largest absolute Gasteiger partial charge is 0.344 e. The van der Waals surface area contributed by atoms with Gasteiger partial charge in [0.05, 0.1) is 20.8 Å². The smallest absolute Gasteiger partial charge is 0.330 e. The van der Waals surface area contributed by atoms with Crippen LogP contribution >= 0.6 is 0 Å². The molecule has 0 fully saturated rings. The zero-order chi connectivity index (χ0) is 21.0. The lowest BCUT2D eigenvalue weighted by Crippen LogP contribution is -2.08. The highest BCUT2D eigenvalue weighted by Crippen LogP contribution is 2.48. The number of nitro benzene ring substituents is 3. The molecule has 146 valence electrons. The van der Waals surface area contributed by atoms with E-state index in [0.29, 0.717) is 6.07 Å². The lowest BCUT2D eigenvalue weighted by molar-refractivity contribution is -0.400. The Labute approximate surface area is 161 Å². The van der Waals surface area contributed by atoms with Crippen molar-refractivity contribution in [1.29, 1.82) is 0 Å². The third-order valence-corrected chi connectivity index (χ3v) is 3.73. The molecule has 0 aliphatic heterocycles. The van der Waals surface area contributed by atoms with Crippen molar-refractivity contribution in [3.05, 3.63) is 85.5 Å². The molecular formula is C16H11N7O6. The van der Waals surface area contributed by atoms with Crippen LogP contribution in [-0.4, -0.2) is 24.7 Å². The van der Waals surface area contributed by atoms with Crippen LogP contribution in [0.4, 0.5) is 39.8 Å². The number of nitrogens with zero attached hydrogens (tertiary/aromatic N) is 5. The molecule has 2 N–H and O–H groups in total. The van der Waals surface area contributed by atoms with Crippen LogP contribution in [0, 0.1) is 30.3 Å². The molecule has 0 atom stereocenters. The number of benzene rings is 1. The van der Waals surface area contributed by atoms with Gasteiger partial charge in [0.25, 0.3) is 0 Å². The first-order chi connectivity index (χ1) is 13.9. The van der Waals surface area contributed by atoms with Crippen LogP contribution in [0.2, 0.25) is 0 Å². The summed E-state index contributed by atoms with van der Waals surface area (Å²) in [6, 6.07) is 6.41. The van der Waals surface area contributed by atoms with Crippen molar-refractivity contribution in [3.8, 4) is 0 Å². The number of pyridine rings is 2. The van der Waals surface area contributed by atoms with Crippen molar-refractivity contribution >= 4 is 39.8 Å². The van der Waals surface area contributed by atoms with Crippen molar-refractivity contribution in [2.24, 2.45) is 0 Å². The maximum Gasteiger partial charge on any atom is 0.330 e. The fourth-order valence-corrected chi connectivity index (χ4v) is 2.52. The number of anilines is 4. The van der Waals surface area contributed by atoms with Gasteiger partial charge in [0.1, 0.15) is 0 Å². The third-order valence-electron chi connectivity index (χ3n) is 3.73. The van der Waals surface area contributed by atoms with E-state index in [2.05, 4.69) is 20.6 Å². The Morgan fingerprint density at radius 2 is 1.03 bits per heavy atom. The molecule has 13 heteroatoms. The van der Waals surface area contributed by atoms with E-state index in [9.17, 15) is 30.3 Å². The fraction of sp³-hybridized carbons (Fsp3) is 0. The molecule has 3 rings (SSSR count). The third kappa shape index (κ3) is 4.02. The van der Waals surface area contributed by atoms with Gasteiger partial charge in [-0.2, -0.15) is 0 Å². The first-order valence-corrected chi connectivity index (χ1v) is 7.86. The molecule has 2 aromatic heterocycles. The van der Waals surface area contributed by atoms with Gasteiger partial charge in [-0.15, -0.1) is 0 Å². The van der Waals surface area contributed by atoms with Gasteiger partial charge in [-0.05, 0) is 24.3 Å². The highest BCUT2D eigenvalue weighted by molar-refractivity contribution is 5.93. The molecular weight excluding hydrogens is 386 g/mol. The van der Waals surface area contributed by atoms with Crippen LogP contribution in [0.15, 0.2) is 55.1 Å². The maximum absolute atomic E-state index is 11.8. The summed E-state index contributed by atoms with van der Waals surface area (Å²) in [4.78, 5) is 39.7. The molecule has 0 amide bonds. The Balaban J connectivity index is 2.30. The van der Waals surface area contributed by atoms with Gasteiger partial charge < -0.3 is 10.6 Å². The molecule has 0 aliphatic rings. The van der Waals surface area contributed by atoms with Crippen LogP contribution in [-0.2, 0) is 0 Å². The van der Waals surface area contributed by atoms with E-state index in [-0.39, 0.29) is 11.4 Å². The molecule has 2 heterocycles.